The van der Waals surface area contributed by atoms with Gasteiger partial charge in [0.05, 0.1) is 6.61 Å². The summed E-state index contributed by atoms with van der Waals surface area (Å²) < 4.78 is 12.6. The molecule has 1 fully saturated rings. The number of carbonyl (C=O) groups excluding carboxylic acids is 1. The molecule has 0 unspecified atom stereocenters. The first-order valence-corrected chi connectivity index (χ1v) is 15.9. The second-order valence-electron chi connectivity index (χ2n) is 11.7. The number of unbranched alkanes of at least 4 members (excludes halogenated alkanes) is 1. The summed E-state index contributed by atoms with van der Waals surface area (Å²) >= 11 is 0. The van der Waals surface area contributed by atoms with E-state index in [1.165, 1.54) is 29.5 Å². The molecule has 1 heterocycles. The van der Waals surface area contributed by atoms with E-state index < -0.39 is 5.60 Å². The fourth-order valence-electron chi connectivity index (χ4n) is 6.37. The minimum atomic E-state index is -0.848. The Morgan fingerprint density at radius 3 is 1.52 bits per heavy atom. The molecule has 0 amide bonds. The number of carbonyl (C=O) groups is 1. The quantitative estimate of drug-likeness (QED) is 0.0749. The zero-order chi connectivity index (χ0) is 30.0. The van der Waals surface area contributed by atoms with Gasteiger partial charge in [0.1, 0.15) is 17.6 Å². The zero-order valence-corrected chi connectivity index (χ0v) is 25.2. The van der Waals surface area contributed by atoms with Crippen LogP contribution in [0.2, 0.25) is 0 Å². The predicted octanol–water partition coefficient (Wildman–Crippen LogP) is 8.73. The van der Waals surface area contributed by atoms with Crippen LogP contribution < -0.4 is 0 Å². The fraction of sp³-hybridized carbons (Fsp3) is 0.244. The summed E-state index contributed by atoms with van der Waals surface area (Å²) in [5, 5.41) is 0. The van der Waals surface area contributed by atoms with Gasteiger partial charge >= 0.3 is 5.97 Å². The third-order valence-corrected chi connectivity index (χ3v) is 8.77. The maximum Gasteiger partial charge on any atom is 0.315 e. The number of esters is 1. The van der Waals surface area contributed by atoms with E-state index in [4.69, 9.17) is 9.47 Å². The topological polar surface area (TPSA) is 35.5 Å². The van der Waals surface area contributed by atoms with Crippen LogP contribution in [-0.4, -0.2) is 18.7 Å². The maximum atomic E-state index is 12.8. The van der Waals surface area contributed by atoms with E-state index in [-0.39, 0.29) is 24.6 Å². The summed E-state index contributed by atoms with van der Waals surface area (Å²) in [7, 11) is 0. The van der Waals surface area contributed by atoms with Crippen molar-refractivity contribution in [2.24, 2.45) is 5.92 Å². The van der Waals surface area contributed by atoms with Crippen LogP contribution >= 0.6 is 0 Å². The molecule has 44 heavy (non-hydrogen) atoms. The average molecular weight is 581 g/mol. The standard InChI is InChI=1S/C41H40O3/c42-40-38(39(44-40)29-28-34-21-15-20-33(30-34)19-14-13-18-32-16-5-1-6-17-32)31-43-41(35-22-7-2-8-23-35,36-24-9-3-10-25-36)37-26-11-4-12-27-37/h1-12,15-17,20-27,30,38-39H,13-14,18-19,28-29,31H2/t38-,39-/m1/s1. The lowest BCUT2D eigenvalue weighted by molar-refractivity contribution is -0.194. The summed E-state index contributed by atoms with van der Waals surface area (Å²) in [6, 6.07) is 50.5. The van der Waals surface area contributed by atoms with Gasteiger partial charge in [-0.2, -0.15) is 0 Å². The van der Waals surface area contributed by atoms with Crippen LogP contribution in [0, 0.1) is 5.92 Å². The van der Waals surface area contributed by atoms with Gasteiger partial charge in [0.15, 0.2) is 0 Å². The Labute approximate surface area is 261 Å². The number of cyclic esters (lactones) is 1. The molecule has 5 aromatic rings. The lowest BCUT2D eigenvalue weighted by Gasteiger charge is -2.40. The van der Waals surface area contributed by atoms with Crippen LogP contribution in [0.15, 0.2) is 146 Å². The molecule has 1 aliphatic rings. The number of benzene rings is 5. The van der Waals surface area contributed by atoms with E-state index in [1.807, 2.05) is 54.6 Å². The van der Waals surface area contributed by atoms with Crippen molar-refractivity contribution in [2.75, 3.05) is 6.61 Å². The molecule has 5 aromatic carbocycles. The van der Waals surface area contributed by atoms with E-state index >= 15 is 0 Å². The minimum Gasteiger partial charge on any atom is -0.461 e. The zero-order valence-electron chi connectivity index (χ0n) is 25.2. The van der Waals surface area contributed by atoms with Gasteiger partial charge in [-0.25, -0.2) is 0 Å². The Balaban J connectivity index is 1.11. The second kappa shape index (κ2) is 14.3. The summed E-state index contributed by atoms with van der Waals surface area (Å²) in [4.78, 5) is 12.8. The van der Waals surface area contributed by atoms with E-state index in [2.05, 4.69) is 91.0 Å². The summed E-state index contributed by atoms with van der Waals surface area (Å²) in [6.07, 6.45) is 6.05. The van der Waals surface area contributed by atoms with E-state index in [1.54, 1.807) is 0 Å². The van der Waals surface area contributed by atoms with Crippen LogP contribution in [-0.2, 0) is 39.1 Å². The van der Waals surface area contributed by atoms with Crippen molar-refractivity contribution >= 4 is 5.97 Å². The maximum absolute atomic E-state index is 12.8. The van der Waals surface area contributed by atoms with Crippen molar-refractivity contribution in [2.45, 2.75) is 50.2 Å². The van der Waals surface area contributed by atoms with Gasteiger partial charge in [-0.05, 0) is 71.9 Å². The highest BCUT2D eigenvalue weighted by molar-refractivity contribution is 5.78. The monoisotopic (exact) mass is 580 g/mol. The van der Waals surface area contributed by atoms with Crippen molar-refractivity contribution in [1.29, 1.82) is 0 Å². The average Bonchev–Trinajstić information content (AvgIpc) is 3.09. The van der Waals surface area contributed by atoms with Crippen LogP contribution in [0.4, 0.5) is 0 Å². The Kier molecular flexibility index (Phi) is 9.64. The van der Waals surface area contributed by atoms with Gasteiger partial charge in [0.2, 0.25) is 0 Å². The Bertz CT molecular complexity index is 1500. The third-order valence-electron chi connectivity index (χ3n) is 8.77. The van der Waals surface area contributed by atoms with E-state index in [0.717, 1.165) is 42.4 Å². The molecule has 6 rings (SSSR count). The van der Waals surface area contributed by atoms with Gasteiger partial charge in [0, 0.05) is 0 Å². The Hall–Kier alpha value is -4.47. The van der Waals surface area contributed by atoms with Crippen molar-refractivity contribution in [3.8, 4) is 0 Å². The molecule has 0 saturated carbocycles. The normalized spacial score (nSPS) is 16.2. The van der Waals surface area contributed by atoms with Crippen LogP contribution in [0.5, 0.6) is 0 Å². The predicted molar refractivity (Wildman–Crippen MR) is 176 cm³/mol. The lowest BCUT2D eigenvalue weighted by atomic mass is 9.79. The largest absolute Gasteiger partial charge is 0.461 e. The van der Waals surface area contributed by atoms with Crippen LogP contribution in [0.1, 0.15) is 52.6 Å². The molecule has 0 radical (unpaired) electrons. The first-order chi connectivity index (χ1) is 21.7. The molecule has 0 spiro atoms. The molecule has 0 aliphatic carbocycles. The highest BCUT2D eigenvalue weighted by atomic mass is 16.6. The SMILES string of the molecule is O=C1O[C@H](CCc2cccc(CCCCc3ccccc3)c2)[C@H]1COC(c1ccccc1)(c1ccccc1)c1ccccc1. The summed E-state index contributed by atoms with van der Waals surface area (Å²) in [6.45, 7) is 0.281. The lowest BCUT2D eigenvalue weighted by Crippen LogP contribution is -2.49. The fourth-order valence-corrected chi connectivity index (χ4v) is 6.37. The molecule has 3 heteroatoms. The minimum absolute atomic E-state index is 0.156. The molecular weight excluding hydrogens is 540 g/mol. The number of ether oxygens (including phenoxy) is 2. The first kappa shape index (κ1) is 29.6. The Morgan fingerprint density at radius 1 is 0.545 bits per heavy atom. The van der Waals surface area contributed by atoms with Gasteiger partial charge in [-0.3, -0.25) is 4.79 Å². The van der Waals surface area contributed by atoms with E-state index in [0.29, 0.717) is 0 Å². The van der Waals surface area contributed by atoms with Gasteiger partial charge in [-0.1, -0.05) is 146 Å². The number of aryl methyl sites for hydroxylation is 3. The number of rotatable bonds is 14. The third kappa shape index (κ3) is 6.85. The van der Waals surface area contributed by atoms with Crippen molar-refractivity contribution in [1.82, 2.24) is 0 Å². The highest BCUT2D eigenvalue weighted by Gasteiger charge is 2.45. The molecule has 0 bridgehead atoms. The molecule has 1 aliphatic heterocycles. The highest BCUT2D eigenvalue weighted by Crippen LogP contribution is 2.42. The Morgan fingerprint density at radius 2 is 1.00 bits per heavy atom. The number of hydrogen-bond acceptors (Lipinski definition) is 3. The summed E-state index contributed by atoms with van der Waals surface area (Å²) in [5.74, 6) is -0.475. The molecule has 2 atom stereocenters. The van der Waals surface area contributed by atoms with Gasteiger partial charge in [-0.15, -0.1) is 0 Å². The molecule has 3 nitrogen and oxygen atoms in total. The second-order valence-corrected chi connectivity index (χ2v) is 11.7. The molecule has 222 valence electrons. The molecule has 1 saturated heterocycles. The molecular formula is C41H40O3. The molecule has 0 N–H and O–H groups in total. The van der Waals surface area contributed by atoms with Crippen LogP contribution in [0.25, 0.3) is 0 Å². The van der Waals surface area contributed by atoms with Crippen molar-refractivity contribution in [3.05, 3.63) is 179 Å². The summed E-state index contributed by atoms with van der Waals surface area (Å²) in [5.41, 5.74) is 6.31. The van der Waals surface area contributed by atoms with Crippen molar-refractivity contribution < 1.29 is 14.3 Å². The van der Waals surface area contributed by atoms with Gasteiger partial charge in [0.25, 0.3) is 0 Å². The molecule has 0 aromatic heterocycles. The van der Waals surface area contributed by atoms with Crippen molar-refractivity contribution in [3.63, 3.8) is 0 Å². The number of hydrogen-bond donors (Lipinski definition) is 0. The van der Waals surface area contributed by atoms with Crippen LogP contribution in [0.3, 0.4) is 0 Å². The van der Waals surface area contributed by atoms with Gasteiger partial charge < -0.3 is 9.47 Å². The first-order valence-electron chi connectivity index (χ1n) is 15.9. The smallest absolute Gasteiger partial charge is 0.315 e. The van der Waals surface area contributed by atoms with E-state index in [9.17, 15) is 4.79 Å².